The van der Waals surface area contributed by atoms with Crippen LogP contribution in [-0.4, -0.2) is 11.7 Å². The van der Waals surface area contributed by atoms with Crippen LogP contribution in [-0.2, 0) is 12.8 Å². The summed E-state index contributed by atoms with van der Waals surface area (Å²) in [6.07, 6.45) is 13.1. The lowest BCUT2D eigenvalue weighted by Gasteiger charge is -2.34. The van der Waals surface area contributed by atoms with Gasteiger partial charge in [0, 0.05) is 0 Å². The van der Waals surface area contributed by atoms with Gasteiger partial charge < -0.3 is 9.84 Å². The molecule has 1 N–H and O–H groups in total. The Morgan fingerprint density at radius 3 is 2.24 bits per heavy atom. The molecule has 0 heterocycles. The third kappa shape index (κ3) is 7.85. The molecule has 4 rings (SSSR count). The molecule has 0 aliphatic heterocycles. The van der Waals surface area contributed by atoms with Crippen molar-refractivity contribution in [2.45, 2.75) is 96.3 Å². The molecule has 0 radical (unpaired) electrons. The molecular weight excluding hydrogens is 471 g/mol. The summed E-state index contributed by atoms with van der Waals surface area (Å²) < 4.78 is 19.7. The van der Waals surface area contributed by atoms with Gasteiger partial charge in [0.05, 0.1) is 6.61 Å². The number of ether oxygens (including phenoxy) is 1. The summed E-state index contributed by atoms with van der Waals surface area (Å²) >= 11 is 0. The molecule has 2 nitrogen and oxygen atoms in total. The van der Waals surface area contributed by atoms with Crippen molar-refractivity contribution in [3.8, 4) is 11.5 Å². The molecule has 0 spiro atoms. The van der Waals surface area contributed by atoms with Gasteiger partial charge in [-0.3, -0.25) is 0 Å². The predicted octanol–water partition coefficient (Wildman–Crippen LogP) is 9.74. The van der Waals surface area contributed by atoms with Gasteiger partial charge in [0.2, 0.25) is 0 Å². The zero-order valence-corrected chi connectivity index (χ0v) is 23.3. The molecule has 3 heteroatoms. The molecule has 0 amide bonds. The molecule has 3 aromatic rings. The summed E-state index contributed by atoms with van der Waals surface area (Å²) in [5, 5.41) is 10.0. The van der Waals surface area contributed by atoms with Gasteiger partial charge >= 0.3 is 0 Å². The van der Waals surface area contributed by atoms with Crippen molar-refractivity contribution in [1.82, 2.24) is 0 Å². The van der Waals surface area contributed by atoms with Crippen molar-refractivity contribution >= 4 is 0 Å². The lowest BCUT2D eigenvalue weighted by atomic mass is 9.70. The second-order valence-electron chi connectivity index (χ2n) is 11.2. The molecule has 0 saturated carbocycles. The molecule has 1 aliphatic carbocycles. The van der Waals surface area contributed by atoms with E-state index in [1.807, 2.05) is 18.2 Å². The number of benzene rings is 3. The van der Waals surface area contributed by atoms with Crippen LogP contribution >= 0.6 is 0 Å². The smallest absolute Gasteiger partial charge is 0.123 e. The molecule has 0 fully saturated rings. The van der Waals surface area contributed by atoms with Gasteiger partial charge in [-0.25, -0.2) is 4.39 Å². The van der Waals surface area contributed by atoms with Crippen molar-refractivity contribution in [3.05, 3.63) is 94.8 Å². The van der Waals surface area contributed by atoms with Crippen LogP contribution in [0.1, 0.15) is 106 Å². The Labute approximate surface area is 229 Å². The van der Waals surface area contributed by atoms with E-state index in [1.54, 1.807) is 18.2 Å². The first kappa shape index (κ1) is 28.2. The molecule has 38 heavy (non-hydrogen) atoms. The van der Waals surface area contributed by atoms with Crippen LogP contribution in [0, 0.1) is 11.7 Å². The van der Waals surface area contributed by atoms with Crippen molar-refractivity contribution in [2.75, 3.05) is 6.61 Å². The fourth-order valence-electron chi connectivity index (χ4n) is 6.22. The number of phenols is 1. The van der Waals surface area contributed by atoms with E-state index in [9.17, 15) is 9.50 Å². The van der Waals surface area contributed by atoms with Crippen molar-refractivity contribution in [2.24, 2.45) is 5.92 Å². The minimum atomic E-state index is -0.195. The lowest BCUT2D eigenvalue weighted by Crippen LogP contribution is -2.21. The van der Waals surface area contributed by atoms with Crippen molar-refractivity contribution < 1.29 is 14.2 Å². The maximum atomic E-state index is 13.6. The first-order chi connectivity index (χ1) is 18.6. The van der Waals surface area contributed by atoms with Crippen molar-refractivity contribution in [3.63, 3.8) is 0 Å². The number of rotatable bonds is 14. The highest BCUT2D eigenvalue weighted by atomic mass is 19.1. The molecule has 0 saturated heterocycles. The molecule has 3 aromatic carbocycles. The highest BCUT2D eigenvalue weighted by molar-refractivity contribution is 5.43. The lowest BCUT2D eigenvalue weighted by molar-refractivity contribution is 0.281. The van der Waals surface area contributed by atoms with Gasteiger partial charge in [-0.05, 0) is 109 Å². The van der Waals surface area contributed by atoms with Crippen molar-refractivity contribution in [1.29, 1.82) is 0 Å². The topological polar surface area (TPSA) is 29.5 Å². The molecule has 0 bridgehead atoms. The van der Waals surface area contributed by atoms with E-state index < -0.39 is 0 Å². The Morgan fingerprint density at radius 2 is 1.55 bits per heavy atom. The number of aryl methyl sites for hydroxylation is 1. The molecular formula is C35H45FO2. The van der Waals surface area contributed by atoms with Crippen LogP contribution in [0.2, 0.25) is 0 Å². The predicted molar refractivity (Wildman–Crippen MR) is 156 cm³/mol. The van der Waals surface area contributed by atoms with E-state index in [4.69, 9.17) is 4.74 Å². The minimum absolute atomic E-state index is 0.195. The van der Waals surface area contributed by atoms with Gasteiger partial charge in [-0.2, -0.15) is 0 Å². The number of aromatic hydroxyl groups is 1. The van der Waals surface area contributed by atoms with Crippen LogP contribution in [0.25, 0.3) is 0 Å². The summed E-state index contributed by atoms with van der Waals surface area (Å²) in [5.74, 6) is 2.51. The van der Waals surface area contributed by atoms with Crippen LogP contribution in [0.5, 0.6) is 11.5 Å². The van der Waals surface area contributed by atoms with Gasteiger partial charge in [0.1, 0.15) is 17.3 Å². The monoisotopic (exact) mass is 516 g/mol. The molecule has 2 atom stereocenters. The standard InChI is InChI=1S/C35H45FO2/c1-3-5-8-26(9-6-4-2)10-7-23-38-32-19-11-27(12-20-32)24-35-33(28-13-16-30(36)17-14-28)21-15-29-25-31(37)18-22-34(29)35/h11-14,16-20,22,25-26,33,35,37H,3-10,15,21,23-24H2,1-2H3. The Kier molecular flexibility index (Phi) is 10.7. The summed E-state index contributed by atoms with van der Waals surface area (Å²) in [4.78, 5) is 0. The molecule has 1 aliphatic rings. The number of hydrogen-bond donors (Lipinski definition) is 1. The average Bonchev–Trinajstić information content (AvgIpc) is 2.93. The van der Waals surface area contributed by atoms with E-state index in [-0.39, 0.29) is 11.7 Å². The number of halogens is 1. The second-order valence-corrected chi connectivity index (χ2v) is 11.2. The van der Waals surface area contributed by atoms with Gasteiger partial charge in [0.25, 0.3) is 0 Å². The Morgan fingerprint density at radius 1 is 0.868 bits per heavy atom. The van der Waals surface area contributed by atoms with Crippen LogP contribution in [0.4, 0.5) is 4.39 Å². The second kappa shape index (κ2) is 14.4. The Balaban J connectivity index is 1.38. The quantitative estimate of drug-likeness (QED) is 0.216. The highest BCUT2D eigenvalue weighted by Crippen LogP contribution is 2.45. The minimum Gasteiger partial charge on any atom is -0.508 e. The number of phenolic OH excluding ortho intramolecular Hbond substituents is 1. The molecule has 2 unspecified atom stereocenters. The fraction of sp³-hybridized carbons (Fsp3) is 0.486. The van der Waals surface area contributed by atoms with Gasteiger partial charge in [-0.1, -0.05) is 82.7 Å². The SMILES string of the molecule is CCCCC(CCCC)CCCOc1ccc(CC2c3ccc(O)cc3CCC2c2ccc(F)cc2)cc1. The summed E-state index contributed by atoms with van der Waals surface area (Å²) in [5.41, 5.74) is 4.98. The maximum Gasteiger partial charge on any atom is 0.123 e. The van der Waals surface area contributed by atoms with Crippen LogP contribution in [0.15, 0.2) is 66.7 Å². The summed E-state index contributed by atoms with van der Waals surface area (Å²) in [6.45, 7) is 5.34. The molecule has 204 valence electrons. The van der Waals surface area contributed by atoms with Gasteiger partial charge in [-0.15, -0.1) is 0 Å². The van der Waals surface area contributed by atoms with E-state index in [0.717, 1.165) is 44.0 Å². The summed E-state index contributed by atoms with van der Waals surface area (Å²) in [7, 11) is 0. The van der Waals surface area contributed by atoms with Crippen LogP contribution in [0.3, 0.4) is 0 Å². The average molecular weight is 517 g/mol. The number of hydrogen-bond acceptors (Lipinski definition) is 2. The number of fused-ring (bicyclic) bond motifs is 1. The first-order valence-electron chi connectivity index (χ1n) is 14.9. The zero-order valence-electron chi connectivity index (χ0n) is 23.3. The van der Waals surface area contributed by atoms with Gasteiger partial charge in [0.15, 0.2) is 0 Å². The fourth-order valence-corrected chi connectivity index (χ4v) is 6.22. The number of unbranched alkanes of at least 4 members (excludes halogenated alkanes) is 2. The van der Waals surface area contributed by atoms with Crippen LogP contribution < -0.4 is 4.74 Å². The third-order valence-corrected chi connectivity index (χ3v) is 8.37. The Bertz CT molecular complexity index is 1100. The van der Waals surface area contributed by atoms with E-state index >= 15 is 0 Å². The maximum absolute atomic E-state index is 13.6. The Hall–Kier alpha value is -2.81. The van der Waals surface area contributed by atoms with E-state index in [1.165, 1.54) is 67.2 Å². The summed E-state index contributed by atoms with van der Waals surface area (Å²) in [6, 6.07) is 21.4. The molecule has 0 aromatic heterocycles. The first-order valence-corrected chi connectivity index (χ1v) is 14.9. The largest absolute Gasteiger partial charge is 0.508 e. The highest BCUT2D eigenvalue weighted by Gasteiger charge is 2.31. The normalized spacial score (nSPS) is 16.9. The zero-order chi connectivity index (χ0) is 26.7. The third-order valence-electron chi connectivity index (χ3n) is 8.37. The van der Waals surface area contributed by atoms with E-state index in [0.29, 0.717) is 11.7 Å². The van der Waals surface area contributed by atoms with E-state index in [2.05, 4.69) is 44.2 Å².